The van der Waals surface area contributed by atoms with E-state index in [2.05, 4.69) is 22.0 Å². The minimum absolute atomic E-state index is 0.0698. The van der Waals surface area contributed by atoms with Crippen LogP contribution in [0.4, 0.5) is 5.69 Å². The van der Waals surface area contributed by atoms with Gasteiger partial charge in [-0.25, -0.2) is 0 Å². The molecule has 0 atom stereocenters. The minimum atomic E-state index is 0.0698. The smallest absolute Gasteiger partial charge is 0.274 e. The van der Waals surface area contributed by atoms with Crippen LogP contribution >= 0.6 is 15.9 Å². The van der Waals surface area contributed by atoms with Gasteiger partial charge in [-0.1, -0.05) is 18.2 Å². The van der Waals surface area contributed by atoms with E-state index in [1.807, 2.05) is 47.0 Å². The van der Waals surface area contributed by atoms with E-state index in [0.29, 0.717) is 5.69 Å². The molecule has 19 heavy (non-hydrogen) atoms. The van der Waals surface area contributed by atoms with Crippen molar-refractivity contribution in [3.8, 4) is 0 Å². The van der Waals surface area contributed by atoms with Gasteiger partial charge in [0.15, 0.2) is 0 Å². The Hall–Kier alpha value is -1.55. The molecule has 0 fully saturated rings. The quantitative estimate of drug-likeness (QED) is 0.791. The fourth-order valence-corrected chi connectivity index (χ4v) is 3.14. The number of carbonyl (C=O) groups is 1. The second kappa shape index (κ2) is 4.85. The van der Waals surface area contributed by atoms with Crippen molar-refractivity contribution in [2.75, 3.05) is 11.4 Å². The number of aromatic nitrogens is 1. The summed E-state index contributed by atoms with van der Waals surface area (Å²) in [4.78, 5) is 14.6. The average molecular weight is 319 g/mol. The number of carbonyl (C=O) groups excluding carboxylic acids is 1. The minimum Gasteiger partial charge on any atom is -0.345 e. The molecule has 0 radical (unpaired) electrons. The molecule has 0 saturated heterocycles. The lowest BCUT2D eigenvalue weighted by atomic mass is 10.0. The maximum absolute atomic E-state index is 12.7. The molecular weight excluding hydrogens is 304 g/mol. The lowest BCUT2D eigenvalue weighted by molar-refractivity contribution is 0.0977. The van der Waals surface area contributed by atoms with Gasteiger partial charge in [0.25, 0.3) is 5.91 Å². The number of hydrogen-bond acceptors (Lipinski definition) is 1. The number of fused-ring (bicyclic) bond motifs is 1. The first-order valence-electron chi connectivity index (χ1n) is 6.38. The van der Waals surface area contributed by atoms with Crippen LogP contribution in [0.25, 0.3) is 0 Å². The van der Waals surface area contributed by atoms with Crippen molar-refractivity contribution in [1.29, 1.82) is 0 Å². The highest BCUT2D eigenvalue weighted by Crippen LogP contribution is 2.28. The highest BCUT2D eigenvalue weighted by atomic mass is 79.9. The maximum atomic E-state index is 12.7. The molecule has 0 aliphatic carbocycles. The Morgan fingerprint density at radius 2 is 2.11 bits per heavy atom. The zero-order valence-corrected chi connectivity index (χ0v) is 12.4. The van der Waals surface area contributed by atoms with Crippen LogP contribution in [0.3, 0.4) is 0 Å². The molecule has 1 amide bonds. The number of amides is 1. The van der Waals surface area contributed by atoms with Gasteiger partial charge in [0.05, 0.1) is 0 Å². The fraction of sp³-hybridized carbons (Fsp3) is 0.267. The standard InChI is InChI=1S/C15H15BrN2O/c1-17-10-12(16)9-14(17)15(19)18-8-4-6-11-5-2-3-7-13(11)18/h2-3,5,7,9-10H,4,6,8H2,1H3. The van der Waals surface area contributed by atoms with E-state index >= 15 is 0 Å². The molecule has 98 valence electrons. The molecule has 1 aromatic carbocycles. The average Bonchev–Trinajstić information content (AvgIpc) is 2.76. The third kappa shape index (κ3) is 2.21. The zero-order chi connectivity index (χ0) is 13.4. The van der Waals surface area contributed by atoms with Gasteiger partial charge >= 0.3 is 0 Å². The van der Waals surface area contributed by atoms with Gasteiger partial charge < -0.3 is 9.47 Å². The van der Waals surface area contributed by atoms with Crippen LogP contribution in [-0.4, -0.2) is 17.0 Å². The number of para-hydroxylation sites is 1. The Kier molecular flexibility index (Phi) is 3.19. The van der Waals surface area contributed by atoms with Gasteiger partial charge in [0, 0.05) is 29.9 Å². The number of nitrogens with zero attached hydrogens (tertiary/aromatic N) is 2. The van der Waals surface area contributed by atoms with E-state index in [1.165, 1.54) is 5.56 Å². The van der Waals surface area contributed by atoms with Crippen LogP contribution in [0.1, 0.15) is 22.5 Å². The first-order chi connectivity index (χ1) is 9.16. The van der Waals surface area contributed by atoms with Gasteiger partial charge in [0.2, 0.25) is 0 Å². The largest absolute Gasteiger partial charge is 0.345 e. The second-order valence-electron chi connectivity index (χ2n) is 4.84. The molecule has 4 heteroatoms. The number of anilines is 1. The van der Waals surface area contributed by atoms with Gasteiger partial charge in [-0.15, -0.1) is 0 Å². The van der Waals surface area contributed by atoms with Crippen molar-refractivity contribution >= 4 is 27.5 Å². The molecule has 0 spiro atoms. The molecule has 0 unspecified atom stereocenters. The molecule has 2 heterocycles. The Morgan fingerprint density at radius 1 is 1.32 bits per heavy atom. The summed E-state index contributed by atoms with van der Waals surface area (Å²) in [5, 5.41) is 0. The van der Waals surface area contributed by atoms with E-state index in [4.69, 9.17) is 0 Å². The Bertz CT molecular complexity index is 633. The second-order valence-corrected chi connectivity index (χ2v) is 5.76. The summed E-state index contributed by atoms with van der Waals surface area (Å²) in [6.45, 7) is 0.790. The molecule has 3 nitrogen and oxygen atoms in total. The summed E-state index contributed by atoms with van der Waals surface area (Å²) in [7, 11) is 1.90. The van der Waals surface area contributed by atoms with Crippen molar-refractivity contribution in [3.05, 3.63) is 52.3 Å². The van der Waals surface area contributed by atoms with Gasteiger partial charge in [0.1, 0.15) is 5.69 Å². The number of halogens is 1. The number of hydrogen-bond donors (Lipinski definition) is 0. The molecular formula is C15H15BrN2O. The van der Waals surface area contributed by atoms with E-state index in [9.17, 15) is 4.79 Å². The van der Waals surface area contributed by atoms with Crippen LogP contribution in [0, 0.1) is 0 Å². The molecule has 1 aliphatic heterocycles. The highest BCUT2D eigenvalue weighted by Gasteiger charge is 2.24. The van der Waals surface area contributed by atoms with Gasteiger partial charge in [-0.3, -0.25) is 4.79 Å². The molecule has 1 aromatic heterocycles. The number of aryl methyl sites for hydroxylation is 2. The normalized spacial score (nSPS) is 14.3. The summed E-state index contributed by atoms with van der Waals surface area (Å²) in [5.74, 6) is 0.0698. The predicted octanol–water partition coefficient (Wildman–Crippen LogP) is 3.38. The number of rotatable bonds is 1. The van der Waals surface area contributed by atoms with Crippen molar-refractivity contribution in [3.63, 3.8) is 0 Å². The summed E-state index contributed by atoms with van der Waals surface area (Å²) in [5.41, 5.74) is 3.02. The molecule has 0 saturated carbocycles. The SMILES string of the molecule is Cn1cc(Br)cc1C(=O)N1CCCc2ccccc21. The van der Waals surface area contributed by atoms with Crippen molar-refractivity contribution in [1.82, 2.24) is 4.57 Å². The Labute approximate surface area is 121 Å². The maximum Gasteiger partial charge on any atom is 0.274 e. The third-order valence-electron chi connectivity index (χ3n) is 3.55. The van der Waals surface area contributed by atoms with Crippen LogP contribution in [0.5, 0.6) is 0 Å². The van der Waals surface area contributed by atoms with Gasteiger partial charge in [-0.05, 0) is 46.5 Å². The summed E-state index contributed by atoms with van der Waals surface area (Å²) in [6, 6.07) is 10.0. The summed E-state index contributed by atoms with van der Waals surface area (Å²) >= 11 is 3.42. The lowest BCUT2D eigenvalue weighted by Crippen LogP contribution is -2.36. The third-order valence-corrected chi connectivity index (χ3v) is 3.98. The van der Waals surface area contributed by atoms with Crippen molar-refractivity contribution in [2.45, 2.75) is 12.8 Å². The highest BCUT2D eigenvalue weighted by molar-refractivity contribution is 9.10. The first-order valence-corrected chi connectivity index (χ1v) is 7.18. The van der Waals surface area contributed by atoms with E-state index in [1.54, 1.807) is 0 Å². The van der Waals surface area contributed by atoms with Crippen LogP contribution in [0.2, 0.25) is 0 Å². The van der Waals surface area contributed by atoms with Crippen LogP contribution in [-0.2, 0) is 13.5 Å². The van der Waals surface area contributed by atoms with E-state index in [0.717, 1.165) is 29.5 Å². The van der Waals surface area contributed by atoms with E-state index < -0.39 is 0 Å². The summed E-state index contributed by atoms with van der Waals surface area (Å²) in [6.07, 6.45) is 3.98. The van der Waals surface area contributed by atoms with E-state index in [-0.39, 0.29) is 5.91 Å². The molecule has 3 rings (SSSR count). The topological polar surface area (TPSA) is 25.2 Å². The zero-order valence-electron chi connectivity index (χ0n) is 10.8. The number of benzene rings is 1. The molecule has 2 aromatic rings. The molecule has 0 N–H and O–H groups in total. The van der Waals surface area contributed by atoms with Crippen molar-refractivity contribution < 1.29 is 4.79 Å². The van der Waals surface area contributed by atoms with Gasteiger partial charge in [-0.2, -0.15) is 0 Å². The lowest BCUT2D eigenvalue weighted by Gasteiger charge is -2.29. The monoisotopic (exact) mass is 318 g/mol. The Balaban J connectivity index is 2.00. The fourth-order valence-electron chi connectivity index (χ4n) is 2.62. The Morgan fingerprint density at radius 3 is 2.84 bits per heavy atom. The molecule has 0 bridgehead atoms. The van der Waals surface area contributed by atoms with Crippen LogP contribution in [0.15, 0.2) is 41.0 Å². The molecule has 1 aliphatic rings. The predicted molar refractivity (Wildman–Crippen MR) is 79.6 cm³/mol. The summed E-state index contributed by atoms with van der Waals surface area (Å²) < 4.78 is 2.80. The van der Waals surface area contributed by atoms with Crippen LogP contribution < -0.4 is 4.90 Å². The first kappa shape index (κ1) is 12.5. The van der Waals surface area contributed by atoms with Crippen molar-refractivity contribution in [2.24, 2.45) is 7.05 Å².